The van der Waals surface area contributed by atoms with Crippen LogP contribution in [0.3, 0.4) is 0 Å². The van der Waals surface area contributed by atoms with Crippen molar-refractivity contribution in [2.45, 2.75) is 47.1 Å². The molecular formula is C29H31N5O6S2. The second kappa shape index (κ2) is 12.9. The molecule has 11 nitrogen and oxygen atoms in total. The predicted molar refractivity (Wildman–Crippen MR) is 158 cm³/mol. The first-order chi connectivity index (χ1) is 19.9. The molecule has 13 heteroatoms. The molecule has 0 spiro atoms. The molecule has 0 bridgehead atoms. The maximum atomic E-state index is 13.7. The van der Waals surface area contributed by atoms with Crippen molar-refractivity contribution in [1.82, 2.24) is 9.29 Å². The van der Waals surface area contributed by atoms with Gasteiger partial charge in [0.15, 0.2) is 0 Å². The summed E-state index contributed by atoms with van der Waals surface area (Å²) in [5, 5.41) is 24.9. The van der Waals surface area contributed by atoms with E-state index >= 15 is 0 Å². The lowest BCUT2D eigenvalue weighted by Crippen LogP contribution is -2.43. The van der Waals surface area contributed by atoms with Crippen LogP contribution in [0.25, 0.3) is 21.3 Å². The van der Waals surface area contributed by atoms with Crippen LogP contribution in [-0.4, -0.2) is 61.6 Å². The zero-order valence-electron chi connectivity index (χ0n) is 23.0. The summed E-state index contributed by atoms with van der Waals surface area (Å²) in [6.07, 6.45) is 0.282. The van der Waals surface area contributed by atoms with Gasteiger partial charge < -0.3 is 10.2 Å². The minimum Gasteiger partial charge on any atom is -0.508 e. The molecule has 1 heterocycles. The number of benzene rings is 3. The van der Waals surface area contributed by atoms with Gasteiger partial charge in [-0.15, -0.1) is 0 Å². The molecule has 42 heavy (non-hydrogen) atoms. The number of aliphatic hydroxyl groups is 1. The molecule has 0 saturated carbocycles. The van der Waals surface area contributed by atoms with Crippen LogP contribution in [0.1, 0.15) is 19.4 Å². The van der Waals surface area contributed by atoms with Crippen molar-refractivity contribution in [1.29, 1.82) is 0 Å². The van der Waals surface area contributed by atoms with Crippen LogP contribution in [0.15, 0.2) is 105 Å². The monoisotopic (exact) mass is 609 g/mol. The summed E-state index contributed by atoms with van der Waals surface area (Å²) >= 11 is 0. The van der Waals surface area contributed by atoms with Gasteiger partial charge in [0.2, 0.25) is 19.9 Å². The van der Waals surface area contributed by atoms with E-state index in [9.17, 15) is 27.0 Å². The van der Waals surface area contributed by atoms with Gasteiger partial charge in [0.25, 0.3) is 0 Å². The van der Waals surface area contributed by atoms with Crippen molar-refractivity contribution < 1.29 is 27.0 Å². The molecule has 4 rings (SSSR count). The Kier molecular flexibility index (Phi) is 9.50. The van der Waals surface area contributed by atoms with Gasteiger partial charge in [-0.25, -0.2) is 16.8 Å². The van der Waals surface area contributed by atoms with E-state index in [4.69, 9.17) is 5.53 Å². The fourth-order valence-corrected chi connectivity index (χ4v) is 7.61. The van der Waals surface area contributed by atoms with E-state index in [0.717, 1.165) is 4.31 Å². The molecule has 0 radical (unpaired) electrons. The number of para-hydroxylation sites is 1. The van der Waals surface area contributed by atoms with Gasteiger partial charge in [-0.2, -0.15) is 4.31 Å². The van der Waals surface area contributed by atoms with Crippen LogP contribution in [0.4, 0.5) is 0 Å². The highest BCUT2D eigenvalue weighted by molar-refractivity contribution is 7.91. The normalized spacial score (nSPS) is 13.6. The standard InChI is InChI=1S/C29H31N5O6S2/c1-20(2)18-34(19-27(36)26(32-33-30)17-21-8-10-23(35)11-9-21)42(39,40)25-14-12-24(13-15-25)41(37,38)28-7-3-5-22-6-4-16-31-29(22)28/h3-16,20,26-27,35-36H,17-19H2,1-2H3/t26-,27?/m0/s1. The number of sulfonamides is 1. The van der Waals surface area contributed by atoms with Gasteiger partial charge >= 0.3 is 0 Å². The molecule has 0 amide bonds. The summed E-state index contributed by atoms with van der Waals surface area (Å²) in [7, 11) is -8.19. The van der Waals surface area contributed by atoms with Gasteiger partial charge in [-0.3, -0.25) is 4.98 Å². The Hall–Kier alpha value is -4.00. The number of nitrogens with zero attached hydrogens (tertiary/aromatic N) is 5. The van der Waals surface area contributed by atoms with Crippen LogP contribution in [0.5, 0.6) is 5.75 Å². The van der Waals surface area contributed by atoms with E-state index in [1.165, 1.54) is 48.7 Å². The van der Waals surface area contributed by atoms with Gasteiger partial charge in [-0.05, 0) is 72.0 Å². The molecule has 0 saturated heterocycles. The second-order valence-electron chi connectivity index (χ2n) is 10.2. The summed E-state index contributed by atoms with van der Waals surface area (Å²) in [5.74, 6) is -0.0538. The van der Waals surface area contributed by atoms with E-state index in [2.05, 4.69) is 15.0 Å². The fourth-order valence-electron chi connectivity index (χ4n) is 4.56. The third-order valence-corrected chi connectivity index (χ3v) is 10.3. The molecule has 220 valence electrons. The largest absolute Gasteiger partial charge is 0.508 e. The lowest BCUT2D eigenvalue weighted by Gasteiger charge is -2.28. The maximum Gasteiger partial charge on any atom is 0.243 e. The number of sulfone groups is 1. The van der Waals surface area contributed by atoms with Crippen molar-refractivity contribution >= 4 is 30.8 Å². The van der Waals surface area contributed by atoms with Gasteiger partial charge in [-0.1, -0.05) is 49.3 Å². The molecule has 4 aromatic rings. The minimum absolute atomic E-state index is 0.0125. The molecular weight excluding hydrogens is 578 g/mol. The molecule has 1 unspecified atom stereocenters. The van der Waals surface area contributed by atoms with E-state index in [0.29, 0.717) is 16.5 Å². The molecule has 3 aromatic carbocycles. The number of pyridine rings is 1. The van der Waals surface area contributed by atoms with Crippen molar-refractivity contribution in [2.24, 2.45) is 11.0 Å². The van der Waals surface area contributed by atoms with Gasteiger partial charge in [0, 0.05) is 29.6 Å². The number of aromatic nitrogens is 1. The second-order valence-corrected chi connectivity index (χ2v) is 14.1. The maximum absolute atomic E-state index is 13.7. The van der Waals surface area contributed by atoms with Crippen molar-refractivity contribution in [3.05, 3.63) is 101 Å². The van der Waals surface area contributed by atoms with Crippen molar-refractivity contribution in [3.8, 4) is 5.75 Å². The Labute approximate surface area is 244 Å². The molecule has 0 fully saturated rings. The average Bonchev–Trinajstić information content (AvgIpc) is 2.97. The number of aromatic hydroxyl groups is 1. The van der Waals surface area contributed by atoms with Crippen molar-refractivity contribution in [3.63, 3.8) is 0 Å². The molecule has 1 aromatic heterocycles. The topological polar surface area (TPSA) is 174 Å². The molecule has 0 aliphatic rings. The van der Waals surface area contributed by atoms with E-state index in [1.54, 1.807) is 36.4 Å². The number of phenolic OH excluding ortho intramolecular Hbond substituents is 1. The number of aliphatic hydroxyl groups excluding tert-OH is 1. The van der Waals surface area contributed by atoms with E-state index in [-0.39, 0.29) is 45.9 Å². The van der Waals surface area contributed by atoms with E-state index in [1.807, 2.05) is 13.8 Å². The quantitative estimate of drug-likeness (QED) is 0.133. The van der Waals surface area contributed by atoms with Crippen LogP contribution >= 0.6 is 0 Å². The van der Waals surface area contributed by atoms with Crippen LogP contribution in [0.2, 0.25) is 0 Å². The Morgan fingerprint density at radius 1 is 0.905 bits per heavy atom. The van der Waals surface area contributed by atoms with Crippen LogP contribution < -0.4 is 0 Å². The Morgan fingerprint density at radius 2 is 1.55 bits per heavy atom. The predicted octanol–water partition coefficient (Wildman–Crippen LogP) is 4.70. The third-order valence-electron chi connectivity index (χ3n) is 6.64. The first-order valence-electron chi connectivity index (χ1n) is 13.1. The Balaban J connectivity index is 1.61. The van der Waals surface area contributed by atoms with Crippen molar-refractivity contribution in [2.75, 3.05) is 13.1 Å². The van der Waals surface area contributed by atoms with Crippen LogP contribution in [0, 0.1) is 5.92 Å². The number of phenols is 1. The summed E-state index contributed by atoms with van der Waals surface area (Å²) in [6, 6.07) is 18.4. The number of rotatable bonds is 12. The zero-order valence-corrected chi connectivity index (χ0v) is 24.6. The number of fused-ring (bicyclic) bond motifs is 1. The average molecular weight is 610 g/mol. The first-order valence-corrected chi connectivity index (χ1v) is 16.0. The SMILES string of the molecule is CC(C)CN(CC(O)[C@H](Cc1ccc(O)cc1)N=[N+]=[N-])S(=O)(=O)c1ccc(S(=O)(=O)c2cccc3cccnc23)cc1. The van der Waals surface area contributed by atoms with Gasteiger partial charge in [0.05, 0.1) is 32.3 Å². The fraction of sp³-hybridized carbons (Fsp3) is 0.276. The van der Waals surface area contributed by atoms with Gasteiger partial charge in [0.1, 0.15) is 5.75 Å². The third kappa shape index (κ3) is 6.89. The number of hydrogen-bond acceptors (Lipinski definition) is 8. The number of hydrogen-bond donors (Lipinski definition) is 2. The molecule has 2 N–H and O–H groups in total. The molecule has 2 atom stereocenters. The molecule has 0 aliphatic carbocycles. The van der Waals surface area contributed by atoms with Crippen LogP contribution in [-0.2, 0) is 26.3 Å². The lowest BCUT2D eigenvalue weighted by molar-refractivity contribution is 0.116. The Morgan fingerprint density at radius 3 is 2.19 bits per heavy atom. The summed E-state index contributed by atoms with van der Waals surface area (Å²) in [4.78, 5) is 6.81. The van der Waals surface area contributed by atoms with E-state index < -0.39 is 32.0 Å². The molecule has 0 aliphatic heterocycles. The summed E-state index contributed by atoms with van der Waals surface area (Å²) in [5.41, 5.74) is 10.1. The highest BCUT2D eigenvalue weighted by atomic mass is 32.2. The highest BCUT2D eigenvalue weighted by Gasteiger charge is 2.31. The highest BCUT2D eigenvalue weighted by Crippen LogP contribution is 2.28. The zero-order chi connectivity index (χ0) is 30.5. The summed E-state index contributed by atoms with van der Waals surface area (Å²) in [6.45, 7) is 3.35. The first kappa shape index (κ1) is 30.9. The summed E-state index contributed by atoms with van der Waals surface area (Å²) < 4.78 is 55.4. The minimum atomic E-state index is -4.18. The Bertz CT molecular complexity index is 1800. The lowest BCUT2D eigenvalue weighted by atomic mass is 10.0. The smallest absolute Gasteiger partial charge is 0.243 e. The number of azide groups is 1.